The Morgan fingerprint density at radius 1 is 1.16 bits per heavy atom. The summed E-state index contributed by atoms with van der Waals surface area (Å²) in [5.74, 6) is 0.894. The Hall–Kier alpha value is -2.33. The lowest BCUT2D eigenvalue weighted by Crippen LogP contribution is -2.29. The van der Waals surface area contributed by atoms with Gasteiger partial charge in [0.05, 0.1) is 12.8 Å². The van der Waals surface area contributed by atoms with Crippen molar-refractivity contribution in [1.82, 2.24) is 14.3 Å². The van der Waals surface area contributed by atoms with Crippen molar-refractivity contribution in [3.8, 4) is 16.9 Å². The van der Waals surface area contributed by atoms with Gasteiger partial charge >= 0.3 is 0 Å². The van der Waals surface area contributed by atoms with Crippen LogP contribution in [0, 0.1) is 0 Å². The summed E-state index contributed by atoms with van der Waals surface area (Å²) in [5, 5.41) is 0. The zero-order valence-electron chi connectivity index (χ0n) is 15.0. The fourth-order valence-electron chi connectivity index (χ4n) is 3.79. The molecule has 3 aromatic rings. The fourth-order valence-corrected chi connectivity index (χ4v) is 3.79. The molecule has 1 saturated heterocycles. The smallest absolute Gasteiger partial charge is 0.137 e. The number of para-hydroxylation sites is 1. The number of hydrogen-bond acceptors (Lipinski definition) is 3. The third kappa shape index (κ3) is 3.27. The van der Waals surface area contributed by atoms with Gasteiger partial charge in [-0.2, -0.15) is 0 Å². The summed E-state index contributed by atoms with van der Waals surface area (Å²) in [5.41, 5.74) is 4.41. The van der Waals surface area contributed by atoms with E-state index in [1.54, 1.807) is 7.11 Å². The van der Waals surface area contributed by atoms with Crippen molar-refractivity contribution < 1.29 is 4.74 Å². The second-order valence-corrected chi connectivity index (χ2v) is 6.89. The van der Waals surface area contributed by atoms with Crippen LogP contribution in [0.4, 0.5) is 0 Å². The molecule has 3 heterocycles. The quantitative estimate of drug-likeness (QED) is 0.705. The number of hydrogen-bond donors (Lipinski definition) is 0. The predicted octanol–water partition coefficient (Wildman–Crippen LogP) is 4.04. The summed E-state index contributed by atoms with van der Waals surface area (Å²) in [6.45, 7) is 4.66. The van der Waals surface area contributed by atoms with E-state index in [4.69, 9.17) is 9.72 Å². The number of imidazole rings is 1. The van der Waals surface area contributed by atoms with E-state index in [1.165, 1.54) is 19.4 Å². The molecule has 1 fully saturated rings. The number of rotatable bonds is 5. The summed E-state index contributed by atoms with van der Waals surface area (Å²) in [6.07, 6.45) is 7.97. The molecular weight excluding hydrogens is 310 g/mol. The number of ether oxygens (including phenoxy) is 1. The lowest BCUT2D eigenvalue weighted by atomic mass is 10.1. The molecule has 1 aliphatic heterocycles. The molecule has 130 valence electrons. The number of fused-ring (bicyclic) bond motifs is 1. The average Bonchev–Trinajstić information content (AvgIpc) is 3.24. The molecule has 0 amide bonds. The summed E-state index contributed by atoms with van der Waals surface area (Å²) < 4.78 is 7.62. The summed E-state index contributed by atoms with van der Waals surface area (Å²) in [6, 6.07) is 13.0. The highest BCUT2D eigenvalue weighted by Gasteiger charge is 2.19. The highest BCUT2D eigenvalue weighted by atomic mass is 16.5. The predicted molar refractivity (Wildman–Crippen MR) is 101 cm³/mol. The molecule has 2 aromatic heterocycles. The number of aromatic nitrogens is 2. The van der Waals surface area contributed by atoms with Crippen LogP contribution in [0.25, 0.3) is 16.8 Å². The molecule has 0 bridgehead atoms. The Morgan fingerprint density at radius 2 is 2.04 bits per heavy atom. The van der Waals surface area contributed by atoms with E-state index in [-0.39, 0.29) is 0 Å². The van der Waals surface area contributed by atoms with Crippen LogP contribution in [-0.4, -0.2) is 40.5 Å². The lowest BCUT2D eigenvalue weighted by Gasteiger charge is -2.19. The summed E-state index contributed by atoms with van der Waals surface area (Å²) in [7, 11) is 1.71. The van der Waals surface area contributed by atoms with Crippen molar-refractivity contribution in [1.29, 1.82) is 0 Å². The van der Waals surface area contributed by atoms with Gasteiger partial charge in [0.15, 0.2) is 0 Å². The monoisotopic (exact) mass is 335 g/mol. The van der Waals surface area contributed by atoms with E-state index in [1.807, 2.05) is 18.2 Å². The maximum Gasteiger partial charge on any atom is 0.137 e. The van der Waals surface area contributed by atoms with Crippen molar-refractivity contribution in [2.45, 2.75) is 32.2 Å². The van der Waals surface area contributed by atoms with Crippen LogP contribution in [0.1, 0.15) is 25.5 Å². The van der Waals surface area contributed by atoms with Crippen LogP contribution in [0.3, 0.4) is 0 Å². The topological polar surface area (TPSA) is 29.8 Å². The molecule has 4 heteroatoms. The minimum absolute atomic E-state index is 0.717. The Labute approximate surface area is 149 Å². The van der Waals surface area contributed by atoms with E-state index in [0.717, 1.165) is 41.2 Å². The molecule has 1 aromatic carbocycles. The van der Waals surface area contributed by atoms with E-state index >= 15 is 0 Å². The molecule has 1 atom stereocenters. The molecule has 0 spiro atoms. The van der Waals surface area contributed by atoms with Gasteiger partial charge in [-0.3, -0.25) is 0 Å². The van der Waals surface area contributed by atoms with Crippen molar-refractivity contribution in [2.75, 3.05) is 20.2 Å². The molecular formula is C21H25N3O. The second-order valence-electron chi connectivity index (χ2n) is 6.89. The van der Waals surface area contributed by atoms with Crippen LogP contribution in [0.5, 0.6) is 5.75 Å². The molecule has 25 heavy (non-hydrogen) atoms. The highest BCUT2D eigenvalue weighted by molar-refractivity contribution is 5.71. The zero-order chi connectivity index (χ0) is 17.2. The maximum atomic E-state index is 5.49. The van der Waals surface area contributed by atoms with Gasteiger partial charge in [-0.15, -0.1) is 0 Å². The first-order chi connectivity index (χ1) is 12.2. The number of methoxy groups -OCH3 is 1. The van der Waals surface area contributed by atoms with Crippen LogP contribution in [-0.2, 0) is 6.42 Å². The Morgan fingerprint density at radius 3 is 2.84 bits per heavy atom. The summed E-state index contributed by atoms with van der Waals surface area (Å²) in [4.78, 5) is 7.35. The molecule has 0 N–H and O–H groups in total. The molecule has 0 unspecified atom stereocenters. The number of benzene rings is 1. The van der Waals surface area contributed by atoms with Gasteiger partial charge in [-0.1, -0.05) is 18.2 Å². The first-order valence-electron chi connectivity index (χ1n) is 9.09. The van der Waals surface area contributed by atoms with Gasteiger partial charge < -0.3 is 14.0 Å². The number of likely N-dealkylation sites (tertiary alicyclic amines) is 1. The SMILES string of the molecule is COc1ccccc1-c1ccc2nc(CCN3CCC[C@H]3C)cn2c1. The van der Waals surface area contributed by atoms with Crippen molar-refractivity contribution in [2.24, 2.45) is 0 Å². The Balaban J connectivity index is 1.57. The standard InChI is InChI=1S/C21H25N3O/c1-16-6-5-12-23(16)13-11-18-15-24-14-17(9-10-21(24)22-18)19-7-3-4-8-20(19)25-2/h3-4,7-10,14-16H,5-6,11-13H2,1-2H3/t16-/m1/s1. The minimum atomic E-state index is 0.717. The van der Waals surface area contributed by atoms with E-state index in [9.17, 15) is 0 Å². The van der Waals surface area contributed by atoms with E-state index in [0.29, 0.717) is 6.04 Å². The highest BCUT2D eigenvalue weighted by Crippen LogP contribution is 2.29. The van der Waals surface area contributed by atoms with E-state index in [2.05, 4.69) is 46.8 Å². The molecule has 4 rings (SSSR count). The first kappa shape index (κ1) is 16.2. The van der Waals surface area contributed by atoms with Gasteiger partial charge in [0, 0.05) is 42.5 Å². The summed E-state index contributed by atoms with van der Waals surface area (Å²) >= 11 is 0. The van der Waals surface area contributed by atoms with Crippen LogP contribution in [0.15, 0.2) is 48.8 Å². The largest absolute Gasteiger partial charge is 0.496 e. The van der Waals surface area contributed by atoms with Gasteiger partial charge in [0.2, 0.25) is 0 Å². The van der Waals surface area contributed by atoms with Gasteiger partial charge in [-0.25, -0.2) is 4.98 Å². The normalized spacial score (nSPS) is 18.1. The van der Waals surface area contributed by atoms with Gasteiger partial charge in [0.25, 0.3) is 0 Å². The first-order valence-corrected chi connectivity index (χ1v) is 9.09. The third-order valence-electron chi connectivity index (χ3n) is 5.26. The maximum absolute atomic E-state index is 5.49. The van der Waals surface area contributed by atoms with Crippen LogP contribution >= 0.6 is 0 Å². The number of pyridine rings is 1. The van der Waals surface area contributed by atoms with Gasteiger partial charge in [0.1, 0.15) is 11.4 Å². The minimum Gasteiger partial charge on any atom is -0.496 e. The average molecular weight is 335 g/mol. The zero-order valence-corrected chi connectivity index (χ0v) is 15.0. The molecule has 0 radical (unpaired) electrons. The van der Waals surface area contributed by atoms with Crippen molar-refractivity contribution in [3.05, 3.63) is 54.5 Å². The molecule has 0 saturated carbocycles. The Bertz CT molecular complexity index is 870. The second kappa shape index (κ2) is 6.89. The number of nitrogens with zero attached hydrogens (tertiary/aromatic N) is 3. The van der Waals surface area contributed by atoms with Gasteiger partial charge in [-0.05, 0) is 44.5 Å². The van der Waals surface area contributed by atoms with Crippen LogP contribution < -0.4 is 4.74 Å². The van der Waals surface area contributed by atoms with E-state index < -0.39 is 0 Å². The third-order valence-corrected chi connectivity index (χ3v) is 5.26. The van der Waals surface area contributed by atoms with Crippen molar-refractivity contribution in [3.63, 3.8) is 0 Å². The van der Waals surface area contributed by atoms with Crippen molar-refractivity contribution >= 4 is 5.65 Å². The van der Waals surface area contributed by atoms with Crippen LogP contribution in [0.2, 0.25) is 0 Å². The molecule has 1 aliphatic rings. The molecule has 4 nitrogen and oxygen atoms in total. The fraction of sp³-hybridized carbons (Fsp3) is 0.381. The molecule has 0 aliphatic carbocycles. The lowest BCUT2D eigenvalue weighted by molar-refractivity contribution is 0.271. The Kier molecular flexibility index (Phi) is 4.45.